The Kier molecular flexibility index (Phi) is 5.55. The number of nitrogens with one attached hydrogen (secondary N) is 2. The highest BCUT2D eigenvalue weighted by molar-refractivity contribution is 6.33. The zero-order valence-electron chi connectivity index (χ0n) is 14.8. The summed E-state index contributed by atoms with van der Waals surface area (Å²) in [5.74, 6) is -0.428. The highest BCUT2D eigenvalue weighted by atomic mass is 35.5. The Morgan fingerprint density at radius 1 is 1.07 bits per heavy atom. The molecule has 0 aliphatic rings. The molecule has 0 aliphatic carbocycles. The van der Waals surface area contributed by atoms with Gasteiger partial charge in [0.15, 0.2) is 0 Å². The first-order valence-corrected chi connectivity index (χ1v) is 8.50. The molecule has 150 valence electrons. The van der Waals surface area contributed by atoms with Crippen LogP contribution in [0.2, 0.25) is 5.02 Å². The van der Waals surface area contributed by atoms with Crippen LogP contribution in [0.4, 0.5) is 41.9 Å². The average molecular weight is 424 g/mol. The van der Waals surface area contributed by atoms with Gasteiger partial charge in [0.25, 0.3) is 0 Å². The summed E-state index contributed by atoms with van der Waals surface area (Å²) in [6, 6.07) is 9.66. The normalized spacial score (nSPS) is 11.2. The Morgan fingerprint density at radius 2 is 1.76 bits per heavy atom. The van der Waals surface area contributed by atoms with Crippen LogP contribution < -0.4 is 10.6 Å². The van der Waals surface area contributed by atoms with Gasteiger partial charge < -0.3 is 10.6 Å². The largest absolute Gasteiger partial charge is 0.416 e. The molecule has 1 heterocycles. The predicted octanol–water partition coefficient (Wildman–Crippen LogP) is 5.85. The molecule has 29 heavy (non-hydrogen) atoms. The van der Waals surface area contributed by atoms with Crippen LogP contribution in [0.3, 0.4) is 0 Å². The van der Waals surface area contributed by atoms with E-state index in [9.17, 15) is 23.3 Å². The topological polar surface area (TPSA) is 93.0 Å². The number of halogens is 4. The number of nitro groups is 1. The van der Waals surface area contributed by atoms with Gasteiger partial charge in [0.1, 0.15) is 6.33 Å². The van der Waals surface area contributed by atoms with Crippen LogP contribution in [-0.2, 0) is 6.18 Å². The molecule has 0 atom stereocenters. The molecular weight excluding hydrogens is 411 g/mol. The third kappa shape index (κ3) is 4.72. The quantitative estimate of drug-likeness (QED) is 0.395. The lowest BCUT2D eigenvalue weighted by Gasteiger charge is -2.13. The number of aromatic nitrogens is 2. The number of aryl methyl sites for hydroxylation is 1. The summed E-state index contributed by atoms with van der Waals surface area (Å²) in [6.45, 7) is 1.85. The molecular formula is C18H13ClF3N5O2. The summed E-state index contributed by atoms with van der Waals surface area (Å²) in [5.41, 5.74) is -0.206. The van der Waals surface area contributed by atoms with Crippen molar-refractivity contribution in [2.45, 2.75) is 13.1 Å². The van der Waals surface area contributed by atoms with E-state index in [0.29, 0.717) is 5.69 Å². The van der Waals surface area contributed by atoms with Gasteiger partial charge in [-0.3, -0.25) is 10.1 Å². The van der Waals surface area contributed by atoms with Crippen molar-refractivity contribution in [1.29, 1.82) is 0 Å². The van der Waals surface area contributed by atoms with Gasteiger partial charge in [-0.15, -0.1) is 0 Å². The molecule has 3 rings (SSSR count). The van der Waals surface area contributed by atoms with E-state index in [0.717, 1.165) is 30.1 Å². The van der Waals surface area contributed by atoms with Crippen LogP contribution in [-0.4, -0.2) is 14.9 Å². The molecule has 0 saturated carbocycles. The molecule has 0 unspecified atom stereocenters. The van der Waals surface area contributed by atoms with Crippen LogP contribution in [0.15, 0.2) is 48.8 Å². The average Bonchev–Trinajstić information content (AvgIpc) is 2.62. The van der Waals surface area contributed by atoms with Crippen LogP contribution in [0.1, 0.15) is 11.1 Å². The number of hydrogen-bond acceptors (Lipinski definition) is 6. The number of anilines is 4. The summed E-state index contributed by atoms with van der Waals surface area (Å²) in [6.07, 6.45) is -3.55. The molecule has 11 heteroatoms. The maximum Gasteiger partial charge on any atom is 0.416 e. The minimum atomic E-state index is -4.60. The molecule has 0 radical (unpaired) electrons. The maximum atomic E-state index is 13.0. The van der Waals surface area contributed by atoms with Gasteiger partial charge in [-0.1, -0.05) is 23.7 Å². The Labute approximate surface area is 167 Å². The molecule has 0 saturated heterocycles. The lowest BCUT2D eigenvalue weighted by atomic mass is 10.2. The molecule has 3 aromatic rings. The Balaban J connectivity index is 2.01. The van der Waals surface area contributed by atoms with Gasteiger partial charge in [-0.25, -0.2) is 9.97 Å². The monoisotopic (exact) mass is 423 g/mol. The Hall–Kier alpha value is -3.40. The van der Waals surface area contributed by atoms with Crippen LogP contribution in [0, 0.1) is 17.0 Å². The van der Waals surface area contributed by atoms with Crippen molar-refractivity contribution < 1.29 is 18.1 Å². The molecule has 0 aliphatic heterocycles. The minimum Gasteiger partial charge on any atom is -0.334 e. The second-order valence-electron chi connectivity index (χ2n) is 5.99. The Bertz CT molecular complexity index is 1080. The van der Waals surface area contributed by atoms with Gasteiger partial charge in [0.05, 0.1) is 21.2 Å². The standard InChI is InChI=1S/C18H13ClF3N5O2/c1-10-3-2-4-12(7-10)25-16-15(27(28)29)17(24-9-23-16)26-14-8-11(18(20,21)22)5-6-13(14)19/h2-9H,1H3,(H2,23,24,25,26). The van der Waals surface area contributed by atoms with E-state index < -0.39 is 22.4 Å². The lowest BCUT2D eigenvalue weighted by molar-refractivity contribution is -0.383. The first-order chi connectivity index (χ1) is 13.6. The van der Waals surface area contributed by atoms with Gasteiger partial charge >= 0.3 is 11.9 Å². The number of nitrogens with zero attached hydrogens (tertiary/aromatic N) is 3. The van der Waals surface area contributed by atoms with Crippen molar-refractivity contribution in [3.63, 3.8) is 0 Å². The summed E-state index contributed by atoms with van der Waals surface area (Å²) in [4.78, 5) is 18.6. The Morgan fingerprint density at radius 3 is 2.38 bits per heavy atom. The molecule has 0 bridgehead atoms. The summed E-state index contributed by atoms with van der Waals surface area (Å²) in [7, 11) is 0. The fourth-order valence-corrected chi connectivity index (χ4v) is 2.68. The SMILES string of the molecule is Cc1cccc(Nc2ncnc(Nc3cc(C(F)(F)F)ccc3Cl)c2[N+](=O)[O-])c1. The highest BCUT2D eigenvalue weighted by Gasteiger charge is 2.31. The molecule has 0 spiro atoms. The van der Waals surface area contributed by atoms with E-state index in [1.165, 1.54) is 0 Å². The third-order valence-corrected chi connectivity index (χ3v) is 4.16. The van der Waals surface area contributed by atoms with Crippen molar-refractivity contribution >= 4 is 40.3 Å². The molecule has 7 nitrogen and oxygen atoms in total. The minimum absolute atomic E-state index is 0.0564. The molecule has 2 aromatic carbocycles. The van der Waals surface area contributed by atoms with E-state index in [2.05, 4.69) is 20.6 Å². The zero-order valence-corrected chi connectivity index (χ0v) is 15.5. The van der Waals surface area contributed by atoms with Crippen molar-refractivity contribution in [3.8, 4) is 0 Å². The van der Waals surface area contributed by atoms with Crippen molar-refractivity contribution in [1.82, 2.24) is 9.97 Å². The fourth-order valence-electron chi connectivity index (χ4n) is 2.52. The first kappa shape index (κ1) is 20.3. The molecule has 0 amide bonds. The van der Waals surface area contributed by atoms with E-state index >= 15 is 0 Å². The smallest absolute Gasteiger partial charge is 0.334 e. The van der Waals surface area contributed by atoms with Crippen LogP contribution in [0.25, 0.3) is 0 Å². The second kappa shape index (κ2) is 7.92. The van der Waals surface area contributed by atoms with Crippen molar-refractivity contribution in [3.05, 3.63) is 75.1 Å². The van der Waals surface area contributed by atoms with Gasteiger partial charge in [0, 0.05) is 5.69 Å². The predicted molar refractivity (Wildman–Crippen MR) is 103 cm³/mol. The lowest BCUT2D eigenvalue weighted by Crippen LogP contribution is -2.08. The second-order valence-corrected chi connectivity index (χ2v) is 6.40. The molecule has 0 fully saturated rings. The van der Waals surface area contributed by atoms with E-state index in [1.807, 2.05) is 13.0 Å². The first-order valence-electron chi connectivity index (χ1n) is 8.12. The number of benzene rings is 2. The van der Waals surface area contributed by atoms with Crippen molar-refractivity contribution in [2.24, 2.45) is 0 Å². The van der Waals surface area contributed by atoms with Crippen LogP contribution >= 0.6 is 11.6 Å². The van der Waals surface area contributed by atoms with Gasteiger partial charge in [0.2, 0.25) is 11.6 Å². The van der Waals surface area contributed by atoms with Crippen molar-refractivity contribution in [2.75, 3.05) is 10.6 Å². The fraction of sp³-hybridized carbons (Fsp3) is 0.111. The van der Waals surface area contributed by atoms with Gasteiger partial charge in [-0.05, 0) is 42.8 Å². The molecule has 1 aromatic heterocycles. The number of alkyl halides is 3. The highest BCUT2D eigenvalue weighted by Crippen LogP contribution is 2.37. The van der Waals surface area contributed by atoms with Gasteiger partial charge in [-0.2, -0.15) is 13.2 Å². The number of rotatable bonds is 5. The van der Waals surface area contributed by atoms with Crippen LogP contribution in [0.5, 0.6) is 0 Å². The maximum absolute atomic E-state index is 13.0. The van der Waals surface area contributed by atoms with E-state index in [4.69, 9.17) is 11.6 Å². The molecule has 2 N–H and O–H groups in total. The zero-order chi connectivity index (χ0) is 21.2. The summed E-state index contributed by atoms with van der Waals surface area (Å²) < 4.78 is 38.9. The summed E-state index contributed by atoms with van der Waals surface area (Å²) >= 11 is 5.96. The van der Waals surface area contributed by atoms with E-state index in [1.54, 1.807) is 18.2 Å². The van der Waals surface area contributed by atoms with E-state index in [-0.39, 0.29) is 22.3 Å². The third-order valence-electron chi connectivity index (χ3n) is 3.83. The summed E-state index contributed by atoms with van der Waals surface area (Å²) in [5, 5.41) is 16.9. The number of hydrogen-bond donors (Lipinski definition) is 2.